The van der Waals surface area contributed by atoms with Gasteiger partial charge in [0.15, 0.2) is 0 Å². The Morgan fingerprint density at radius 3 is 2.80 bits per heavy atom. The summed E-state index contributed by atoms with van der Waals surface area (Å²) in [5.74, 6) is 0.465. The number of thiazole rings is 1. The average molecular weight is 239 g/mol. The quantitative estimate of drug-likeness (QED) is 0.740. The fraction of sp³-hybridized carbons (Fsp3) is 0.273. The zero-order valence-electron chi connectivity index (χ0n) is 8.57. The third-order valence-electron chi connectivity index (χ3n) is 2.09. The third kappa shape index (κ3) is 2.36. The highest BCUT2D eigenvalue weighted by molar-refractivity contribution is 7.13. The first-order valence-electron chi connectivity index (χ1n) is 4.74. The van der Waals surface area contributed by atoms with Gasteiger partial charge in [0.2, 0.25) is 0 Å². The number of halogens is 1. The van der Waals surface area contributed by atoms with Gasteiger partial charge >= 0.3 is 0 Å². The molecule has 0 bridgehead atoms. The maximum Gasteiger partial charge on any atom is 0.129 e. The first kappa shape index (κ1) is 10.6. The Labute approximate surface area is 98.0 Å². The van der Waals surface area contributed by atoms with Crippen molar-refractivity contribution >= 4 is 22.9 Å². The lowest BCUT2D eigenvalue weighted by atomic mass is 10.2. The molecule has 0 saturated heterocycles. The molecule has 0 aliphatic rings. The van der Waals surface area contributed by atoms with Crippen molar-refractivity contribution in [2.45, 2.75) is 19.8 Å². The molecule has 0 aliphatic carbocycles. The standard InChI is InChI=1S/C11H11ClN2S/c1-7(2)9-6-15-11(14-9)8-3-4-13-10(12)5-8/h3-7H,1-2H3. The van der Waals surface area contributed by atoms with E-state index in [1.807, 2.05) is 12.1 Å². The van der Waals surface area contributed by atoms with Crippen molar-refractivity contribution in [2.24, 2.45) is 0 Å². The van der Waals surface area contributed by atoms with Crippen molar-refractivity contribution in [3.8, 4) is 10.6 Å². The van der Waals surface area contributed by atoms with E-state index in [9.17, 15) is 0 Å². The predicted molar refractivity (Wildman–Crippen MR) is 64.4 cm³/mol. The fourth-order valence-corrected chi connectivity index (χ4v) is 2.37. The van der Waals surface area contributed by atoms with Crippen LogP contribution in [0.3, 0.4) is 0 Å². The first-order valence-corrected chi connectivity index (χ1v) is 6.00. The molecule has 0 saturated carbocycles. The van der Waals surface area contributed by atoms with E-state index in [1.165, 1.54) is 0 Å². The average Bonchev–Trinajstić information content (AvgIpc) is 2.66. The van der Waals surface area contributed by atoms with E-state index in [0.29, 0.717) is 11.1 Å². The van der Waals surface area contributed by atoms with Crippen molar-refractivity contribution in [2.75, 3.05) is 0 Å². The Bertz CT molecular complexity index is 465. The lowest BCUT2D eigenvalue weighted by Gasteiger charge is -1.98. The molecule has 0 amide bonds. The molecule has 2 aromatic rings. The molecule has 0 unspecified atom stereocenters. The van der Waals surface area contributed by atoms with Crippen LogP contribution in [0.1, 0.15) is 25.5 Å². The van der Waals surface area contributed by atoms with Gasteiger partial charge < -0.3 is 0 Å². The summed E-state index contributed by atoms with van der Waals surface area (Å²) < 4.78 is 0. The van der Waals surface area contributed by atoms with Crippen LogP contribution >= 0.6 is 22.9 Å². The number of aromatic nitrogens is 2. The second-order valence-electron chi connectivity index (χ2n) is 3.60. The molecule has 0 aliphatic heterocycles. The van der Waals surface area contributed by atoms with Crippen LogP contribution in [0.4, 0.5) is 0 Å². The smallest absolute Gasteiger partial charge is 0.129 e. The van der Waals surface area contributed by atoms with E-state index in [-0.39, 0.29) is 0 Å². The van der Waals surface area contributed by atoms with Crippen LogP contribution in [0.2, 0.25) is 5.15 Å². The zero-order chi connectivity index (χ0) is 10.8. The van der Waals surface area contributed by atoms with Crippen LogP contribution in [-0.2, 0) is 0 Å². The van der Waals surface area contributed by atoms with Gasteiger partial charge in [0.25, 0.3) is 0 Å². The van der Waals surface area contributed by atoms with Crippen LogP contribution in [0.5, 0.6) is 0 Å². The van der Waals surface area contributed by atoms with Crippen LogP contribution in [-0.4, -0.2) is 9.97 Å². The van der Waals surface area contributed by atoms with Gasteiger partial charge in [-0.15, -0.1) is 11.3 Å². The molecule has 2 heterocycles. The molecule has 4 heteroatoms. The van der Waals surface area contributed by atoms with E-state index < -0.39 is 0 Å². The number of hydrogen-bond acceptors (Lipinski definition) is 3. The van der Waals surface area contributed by atoms with Gasteiger partial charge in [-0.3, -0.25) is 0 Å². The van der Waals surface area contributed by atoms with E-state index in [4.69, 9.17) is 11.6 Å². The highest BCUT2D eigenvalue weighted by Crippen LogP contribution is 2.27. The normalized spacial score (nSPS) is 10.9. The summed E-state index contributed by atoms with van der Waals surface area (Å²) >= 11 is 7.47. The Morgan fingerprint density at radius 2 is 2.20 bits per heavy atom. The van der Waals surface area contributed by atoms with Crippen molar-refractivity contribution in [1.82, 2.24) is 9.97 Å². The SMILES string of the molecule is CC(C)c1csc(-c2ccnc(Cl)c2)n1. The van der Waals surface area contributed by atoms with Crippen LogP contribution in [0, 0.1) is 0 Å². The molecule has 0 spiro atoms. The molecule has 0 N–H and O–H groups in total. The first-order chi connectivity index (χ1) is 7.16. The molecule has 2 rings (SSSR count). The molecule has 78 valence electrons. The van der Waals surface area contributed by atoms with E-state index in [1.54, 1.807) is 17.5 Å². The summed E-state index contributed by atoms with van der Waals surface area (Å²) in [6, 6.07) is 3.76. The van der Waals surface area contributed by atoms with Crippen molar-refractivity contribution in [3.05, 3.63) is 34.6 Å². The summed E-state index contributed by atoms with van der Waals surface area (Å²) in [4.78, 5) is 8.50. The van der Waals surface area contributed by atoms with Crippen LogP contribution in [0.25, 0.3) is 10.6 Å². The summed E-state index contributed by atoms with van der Waals surface area (Å²) in [5.41, 5.74) is 2.16. The Morgan fingerprint density at radius 1 is 1.40 bits per heavy atom. The molecule has 15 heavy (non-hydrogen) atoms. The Hall–Kier alpha value is -0.930. The lowest BCUT2D eigenvalue weighted by Crippen LogP contribution is -1.86. The van der Waals surface area contributed by atoms with Crippen LogP contribution in [0.15, 0.2) is 23.7 Å². The van der Waals surface area contributed by atoms with Crippen molar-refractivity contribution < 1.29 is 0 Å². The van der Waals surface area contributed by atoms with Gasteiger partial charge in [0.05, 0.1) is 5.69 Å². The molecule has 0 radical (unpaired) electrons. The van der Waals surface area contributed by atoms with Gasteiger partial charge in [-0.05, 0) is 18.1 Å². The van der Waals surface area contributed by atoms with Gasteiger partial charge in [0.1, 0.15) is 10.2 Å². The van der Waals surface area contributed by atoms with E-state index >= 15 is 0 Å². The summed E-state index contributed by atoms with van der Waals surface area (Å²) in [6.45, 7) is 4.27. The molecule has 2 aromatic heterocycles. The van der Waals surface area contributed by atoms with Gasteiger partial charge in [-0.2, -0.15) is 0 Å². The highest BCUT2D eigenvalue weighted by atomic mass is 35.5. The molecule has 2 nitrogen and oxygen atoms in total. The van der Waals surface area contributed by atoms with Crippen molar-refractivity contribution in [1.29, 1.82) is 0 Å². The molecule has 0 fully saturated rings. The lowest BCUT2D eigenvalue weighted by molar-refractivity contribution is 0.834. The number of pyridine rings is 1. The van der Waals surface area contributed by atoms with Gasteiger partial charge in [-0.1, -0.05) is 25.4 Å². The second kappa shape index (κ2) is 4.29. The monoisotopic (exact) mass is 238 g/mol. The third-order valence-corrected chi connectivity index (χ3v) is 3.20. The predicted octanol–water partition coefficient (Wildman–Crippen LogP) is 3.98. The molecular weight excluding hydrogens is 228 g/mol. The summed E-state index contributed by atoms with van der Waals surface area (Å²) in [7, 11) is 0. The Kier molecular flexibility index (Phi) is 3.03. The number of rotatable bonds is 2. The summed E-state index contributed by atoms with van der Waals surface area (Å²) in [5, 5.41) is 3.60. The topological polar surface area (TPSA) is 25.8 Å². The number of nitrogens with zero attached hydrogens (tertiary/aromatic N) is 2. The van der Waals surface area contributed by atoms with Crippen LogP contribution < -0.4 is 0 Å². The minimum absolute atomic E-state index is 0.465. The fourth-order valence-electron chi connectivity index (χ4n) is 1.22. The maximum atomic E-state index is 5.83. The van der Waals surface area contributed by atoms with Gasteiger partial charge in [-0.25, -0.2) is 9.97 Å². The van der Waals surface area contributed by atoms with E-state index in [2.05, 4.69) is 29.2 Å². The summed E-state index contributed by atoms with van der Waals surface area (Å²) in [6.07, 6.45) is 1.70. The zero-order valence-corrected chi connectivity index (χ0v) is 10.1. The minimum Gasteiger partial charge on any atom is -0.245 e. The second-order valence-corrected chi connectivity index (χ2v) is 4.84. The van der Waals surface area contributed by atoms with Crippen molar-refractivity contribution in [3.63, 3.8) is 0 Å². The maximum absolute atomic E-state index is 5.83. The molecule has 0 aromatic carbocycles. The largest absolute Gasteiger partial charge is 0.245 e. The number of hydrogen-bond donors (Lipinski definition) is 0. The van der Waals surface area contributed by atoms with Gasteiger partial charge in [0, 0.05) is 17.1 Å². The minimum atomic E-state index is 0.465. The molecule has 0 atom stereocenters. The molecular formula is C11H11ClN2S. The highest BCUT2D eigenvalue weighted by Gasteiger charge is 2.07. The Balaban J connectivity index is 2.37. The van der Waals surface area contributed by atoms with E-state index in [0.717, 1.165) is 16.3 Å².